The Morgan fingerprint density at radius 1 is 1.33 bits per heavy atom. The topological polar surface area (TPSA) is 68.3 Å². The molecule has 0 spiro atoms. The van der Waals surface area contributed by atoms with E-state index in [9.17, 15) is 9.59 Å². The quantitative estimate of drug-likeness (QED) is 0.721. The average molecular weight is 247 g/mol. The van der Waals surface area contributed by atoms with Gasteiger partial charge in [0.15, 0.2) is 0 Å². The van der Waals surface area contributed by atoms with Crippen LogP contribution in [0.15, 0.2) is 16.9 Å². The van der Waals surface area contributed by atoms with Crippen LogP contribution in [0.5, 0.6) is 0 Å². The first-order chi connectivity index (χ1) is 8.56. The summed E-state index contributed by atoms with van der Waals surface area (Å²) in [6.07, 6.45) is 1.06. The third kappa shape index (κ3) is 1.62. The molecule has 0 aliphatic carbocycles. The lowest BCUT2D eigenvalue weighted by molar-refractivity contribution is -0.131. The van der Waals surface area contributed by atoms with Crippen LogP contribution in [0.4, 0.5) is 5.69 Å². The van der Waals surface area contributed by atoms with E-state index in [4.69, 9.17) is 5.73 Å². The molecule has 0 radical (unpaired) electrons. The Labute approximate surface area is 105 Å². The van der Waals surface area contributed by atoms with Gasteiger partial charge in [0.25, 0.3) is 5.56 Å². The molecule has 2 aliphatic heterocycles. The Balaban J connectivity index is 2.03. The molecule has 1 aromatic heterocycles. The molecule has 2 aliphatic rings. The minimum atomic E-state index is -0.0847. The number of hydrogen-bond donors (Lipinski definition) is 1. The summed E-state index contributed by atoms with van der Waals surface area (Å²) in [5.74, 6) is 0.769. The molecular weight excluding hydrogens is 230 g/mol. The number of amides is 1. The molecule has 0 aromatic carbocycles. The largest absolute Gasteiger partial charge is 0.394 e. The van der Waals surface area contributed by atoms with Crippen LogP contribution in [0.2, 0.25) is 0 Å². The van der Waals surface area contributed by atoms with Crippen LogP contribution in [0.25, 0.3) is 0 Å². The summed E-state index contributed by atoms with van der Waals surface area (Å²) < 4.78 is 1.80. The molecule has 2 N–H and O–H groups in total. The highest BCUT2D eigenvalue weighted by atomic mass is 16.2. The summed E-state index contributed by atoms with van der Waals surface area (Å²) in [6, 6.07) is 3.61. The Bertz CT molecular complexity index is 564. The average Bonchev–Trinajstić information content (AvgIpc) is 2.34. The summed E-state index contributed by atoms with van der Waals surface area (Å²) in [5, 5.41) is 0. The lowest BCUT2D eigenvalue weighted by Gasteiger charge is -2.42. The van der Waals surface area contributed by atoms with Crippen LogP contribution >= 0.6 is 0 Å². The van der Waals surface area contributed by atoms with Gasteiger partial charge in [-0.1, -0.05) is 0 Å². The van der Waals surface area contributed by atoms with Gasteiger partial charge in [-0.3, -0.25) is 9.59 Å². The Morgan fingerprint density at radius 2 is 2.11 bits per heavy atom. The summed E-state index contributed by atoms with van der Waals surface area (Å²) in [6.45, 7) is 3.76. The maximum atomic E-state index is 12.0. The number of likely N-dealkylation sites (tertiary alicyclic amines) is 1. The predicted octanol–water partition coefficient (Wildman–Crippen LogP) is 0.396. The number of piperidine rings is 1. The molecule has 3 rings (SSSR count). The van der Waals surface area contributed by atoms with E-state index in [1.807, 2.05) is 11.0 Å². The second kappa shape index (κ2) is 3.86. The molecule has 96 valence electrons. The van der Waals surface area contributed by atoms with Gasteiger partial charge in [-0.25, -0.2) is 0 Å². The second-order valence-electron chi connectivity index (χ2n) is 5.35. The molecule has 1 saturated heterocycles. The van der Waals surface area contributed by atoms with Crippen molar-refractivity contribution in [2.75, 3.05) is 18.8 Å². The van der Waals surface area contributed by atoms with Gasteiger partial charge < -0.3 is 15.2 Å². The van der Waals surface area contributed by atoms with Gasteiger partial charge in [0, 0.05) is 38.2 Å². The molecule has 1 amide bonds. The molecule has 5 nitrogen and oxygen atoms in total. The number of rotatable bonds is 0. The van der Waals surface area contributed by atoms with Gasteiger partial charge in [-0.15, -0.1) is 0 Å². The van der Waals surface area contributed by atoms with Crippen LogP contribution in [0.3, 0.4) is 0 Å². The molecule has 1 aromatic rings. The van der Waals surface area contributed by atoms with Crippen molar-refractivity contribution in [3.63, 3.8) is 0 Å². The summed E-state index contributed by atoms with van der Waals surface area (Å²) >= 11 is 0. The van der Waals surface area contributed by atoms with Crippen LogP contribution in [-0.4, -0.2) is 28.5 Å². The van der Waals surface area contributed by atoms with Crippen molar-refractivity contribution in [1.29, 1.82) is 0 Å². The summed E-state index contributed by atoms with van der Waals surface area (Å²) in [7, 11) is 0. The van der Waals surface area contributed by atoms with Crippen molar-refractivity contribution < 1.29 is 4.79 Å². The molecule has 1 fully saturated rings. The number of nitrogens with zero attached hydrogens (tertiary/aromatic N) is 2. The number of nitrogens with two attached hydrogens (primary N) is 1. The molecular formula is C13H17N3O2. The minimum Gasteiger partial charge on any atom is -0.394 e. The Kier molecular flexibility index (Phi) is 2.43. The van der Waals surface area contributed by atoms with Crippen LogP contribution < -0.4 is 11.3 Å². The Hall–Kier alpha value is -1.78. The number of anilines is 1. The van der Waals surface area contributed by atoms with Gasteiger partial charge >= 0.3 is 0 Å². The van der Waals surface area contributed by atoms with Gasteiger partial charge in [-0.2, -0.15) is 0 Å². The lowest BCUT2D eigenvalue weighted by atomic mass is 9.83. The first-order valence-electron chi connectivity index (χ1n) is 6.31. The van der Waals surface area contributed by atoms with Crippen LogP contribution in [0, 0.1) is 5.92 Å². The number of hydrogen-bond acceptors (Lipinski definition) is 3. The van der Waals surface area contributed by atoms with E-state index >= 15 is 0 Å². The van der Waals surface area contributed by atoms with E-state index in [2.05, 4.69) is 0 Å². The van der Waals surface area contributed by atoms with E-state index in [1.165, 1.54) is 0 Å². The van der Waals surface area contributed by atoms with Crippen molar-refractivity contribution >= 4 is 11.6 Å². The zero-order valence-electron chi connectivity index (χ0n) is 10.4. The maximum Gasteiger partial charge on any atom is 0.273 e. The number of nitrogen functional groups attached to an aromatic ring is 1. The third-order valence-corrected chi connectivity index (χ3v) is 4.08. The van der Waals surface area contributed by atoms with Gasteiger partial charge in [-0.05, 0) is 24.5 Å². The SMILES string of the molecule is CC(=O)N1CC2CC(C1)c1ccc(N)c(=O)n1C2. The first-order valence-corrected chi connectivity index (χ1v) is 6.31. The maximum absolute atomic E-state index is 12.0. The molecule has 2 atom stereocenters. The number of carbonyl (C=O) groups is 1. The van der Waals surface area contributed by atoms with E-state index in [0.717, 1.165) is 25.2 Å². The predicted molar refractivity (Wildman–Crippen MR) is 68.2 cm³/mol. The summed E-state index contributed by atoms with van der Waals surface area (Å²) in [4.78, 5) is 25.4. The van der Waals surface area contributed by atoms with Crippen LogP contribution in [-0.2, 0) is 11.3 Å². The van der Waals surface area contributed by atoms with Crippen LogP contribution in [0.1, 0.15) is 25.0 Å². The summed E-state index contributed by atoms with van der Waals surface area (Å²) in [5.41, 5.74) is 6.92. The molecule has 2 bridgehead atoms. The van der Waals surface area contributed by atoms with E-state index in [1.54, 1.807) is 17.6 Å². The first kappa shape index (κ1) is 11.3. The molecule has 2 unspecified atom stereocenters. The zero-order valence-corrected chi connectivity index (χ0v) is 10.4. The minimum absolute atomic E-state index is 0.0847. The number of carbonyl (C=O) groups excluding carboxylic acids is 1. The van der Waals surface area contributed by atoms with Crippen molar-refractivity contribution in [2.24, 2.45) is 5.92 Å². The van der Waals surface area contributed by atoms with Crippen molar-refractivity contribution in [3.05, 3.63) is 28.2 Å². The second-order valence-corrected chi connectivity index (χ2v) is 5.35. The number of fused-ring (bicyclic) bond motifs is 4. The third-order valence-electron chi connectivity index (χ3n) is 4.08. The van der Waals surface area contributed by atoms with E-state index < -0.39 is 0 Å². The standard InChI is InChI=1S/C13H17N3O2/c1-8(17)15-5-9-4-10(7-15)12-3-2-11(14)13(18)16(12)6-9/h2-3,9-10H,4-7,14H2,1H3. The number of aromatic nitrogens is 1. The number of pyridine rings is 1. The van der Waals surface area contributed by atoms with Gasteiger partial charge in [0.2, 0.25) is 5.91 Å². The van der Waals surface area contributed by atoms with Gasteiger partial charge in [0.05, 0.1) is 5.69 Å². The molecule has 3 heterocycles. The highest BCUT2D eigenvalue weighted by Gasteiger charge is 2.35. The molecule has 0 saturated carbocycles. The zero-order chi connectivity index (χ0) is 12.9. The van der Waals surface area contributed by atoms with Crippen molar-refractivity contribution in [3.8, 4) is 0 Å². The fourth-order valence-electron chi connectivity index (χ4n) is 3.22. The van der Waals surface area contributed by atoms with E-state index in [-0.39, 0.29) is 17.4 Å². The highest BCUT2D eigenvalue weighted by Crippen LogP contribution is 2.35. The highest BCUT2D eigenvalue weighted by molar-refractivity contribution is 5.73. The monoisotopic (exact) mass is 247 g/mol. The van der Waals surface area contributed by atoms with E-state index in [0.29, 0.717) is 18.2 Å². The fourth-order valence-corrected chi connectivity index (χ4v) is 3.22. The van der Waals surface area contributed by atoms with Crippen molar-refractivity contribution in [2.45, 2.75) is 25.8 Å². The lowest BCUT2D eigenvalue weighted by Crippen LogP contribution is -2.48. The fraction of sp³-hybridized carbons (Fsp3) is 0.538. The molecule has 18 heavy (non-hydrogen) atoms. The molecule has 5 heteroatoms. The smallest absolute Gasteiger partial charge is 0.273 e. The van der Waals surface area contributed by atoms with Crippen molar-refractivity contribution in [1.82, 2.24) is 9.47 Å². The van der Waals surface area contributed by atoms with Gasteiger partial charge in [0.1, 0.15) is 0 Å². The normalized spacial score (nSPS) is 25.7. The Morgan fingerprint density at radius 3 is 2.83 bits per heavy atom.